The van der Waals surface area contributed by atoms with Crippen LogP contribution in [0.4, 0.5) is 13.2 Å². The highest BCUT2D eigenvalue weighted by atomic mass is 19.4. The quantitative estimate of drug-likeness (QED) is 0.851. The van der Waals surface area contributed by atoms with E-state index in [1.807, 2.05) is 0 Å². The summed E-state index contributed by atoms with van der Waals surface area (Å²) in [6, 6.07) is 5.71. The molecule has 3 unspecified atom stereocenters. The molecule has 2 N–H and O–H groups in total. The normalized spacial score (nSPS) is 28.4. The van der Waals surface area contributed by atoms with E-state index in [2.05, 4.69) is 6.92 Å². The van der Waals surface area contributed by atoms with Crippen LogP contribution in [0.5, 0.6) is 0 Å². The van der Waals surface area contributed by atoms with Gasteiger partial charge in [-0.25, -0.2) is 0 Å². The molecule has 1 aliphatic carbocycles. The lowest BCUT2D eigenvalue weighted by atomic mass is 9.73. The molecule has 0 heterocycles. The second-order valence-electron chi connectivity index (χ2n) is 5.44. The SMILES string of the molecule is CCC1CCC(N)C(c2ccccc2C(F)(F)F)C1. The van der Waals surface area contributed by atoms with Crippen molar-refractivity contribution in [2.45, 2.75) is 50.7 Å². The van der Waals surface area contributed by atoms with E-state index in [-0.39, 0.29) is 12.0 Å². The van der Waals surface area contributed by atoms with E-state index in [0.29, 0.717) is 11.5 Å². The van der Waals surface area contributed by atoms with Crippen LogP contribution in [0, 0.1) is 5.92 Å². The molecule has 0 aromatic heterocycles. The van der Waals surface area contributed by atoms with Gasteiger partial charge in [-0.1, -0.05) is 31.5 Å². The molecule has 1 nitrogen and oxygen atoms in total. The fourth-order valence-electron chi connectivity index (χ4n) is 3.09. The summed E-state index contributed by atoms with van der Waals surface area (Å²) < 4.78 is 39.2. The van der Waals surface area contributed by atoms with Crippen LogP contribution >= 0.6 is 0 Å². The van der Waals surface area contributed by atoms with Crippen LogP contribution in [0.25, 0.3) is 0 Å². The molecular formula is C15H20F3N. The van der Waals surface area contributed by atoms with Crippen molar-refractivity contribution in [1.82, 2.24) is 0 Å². The predicted molar refractivity (Wildman–Crippen MR) is 69.8 cm³/mol. The van der Waals surface area contributed by atoms with E-state index < -0.39 is 11.7 Å². The fraction of sp³-hybridized carbons (Fsp3) is 0.600. The lowest BCUT2D eigenvalue weighted by Crippen LogP contribution is -2.35. The average molecular weight is 271 g/mol. The Morgan fingerprint density at radius 3 is 2.53 bits per heavy atom. The van der Waals surface area contributed by atoms with Gasteiger partial charge in [0.15, 0.2) is 0 Å². The molecule has 0 spiro atoms. The third-order valence-electron chi connectivity index (χ3n) is 4.26. The highest BCUT2D eigenvalue weighted by molar-refractivity contribution is 5.34. The third-order valence-corrected chi connectivity index (χ3v) is 4.26. The molecule has 2 rings (SSSR count). The van der Waals surface area contributed by atoms with Gasteiger partial charge in [0.05, 0.1) is 5.56 Å². The fourth-order valence-corrected chi connectivity index (χ4v) is 3.09. The van der Waals surface area contributed by atoms with Crippen molar-refractivity contribution in [2.24, 2.45) is 11.7 Å². The average Bonchev–Trinajstić information content (AvgIpc) is 2.38. The zero-order valence-corrected chi connectivity index (χ0v) is 11.1. The van der Waals surface area contributed by atoms with E-state index in [1.165, 1.54) is 6.07 Å². The second-order valence-corrected chi connectivity index (χ2v) is 5.44. The summed E-state index contributed by atoms with van der Waals surface area (Å²) in [6.45, 7) is 2.09. The molecule has 1 aromatic carbocycles. The maximum atomic E-state index is 13.1. The van der Waals surface area contributed by atoms with Gasteiger partial charge in [0, 0.05) is 6.04 Å². The van der Waals surface area contributed by atoms with E-state index in [1.54, 1.807) is 12.1 Å². The monoisotopic (exact) mass is 271 g/mol. The van der Waals surface area contributed by atoms with Crippen LogP contribution in [0.1, 0.15) is 49.7 Å². The zero-order chi connectivity index (χ0) is 14.0. The predicted octanol–water partition coefficient (Wildman–Crippen LogP) is 4.33. The van der Waals surface area contributed by atoms with Crippen LogP contribution in [0.15, 0.2) is 24.3 Å². The van der Waals surface area contributed by atoms with Gasteiger partial charge < -0.3 is 5.73 Å². The van der Waals surface area contributed by atoms with Crippen LogP contribution in [-0.2, 0) is 6.18 Å². The first-order chi connectivity index (χ1) is 8.93. The maximum Gasteiger partial charge on any atom is 0.416 e. The Morgan fingerprint density at radius 1 is 1.21 bits per heavy atom. The Morgan fingerprint density at radius 2 is 1.89 bits per heavy atom. The lowest BCUT2D eigenvalue weighted by Gasteiger charge is -2.35. The number of alkyl halides is 3. The van der Waals surface area contributed by atoms with Crippen LogP contribution in [0.2, 0.25) is 0 Å². The molecule has 1 fully saturated rings. The molecular weight excluding hydrogens is 251 g/mol. The number of hydrogen-bond acceptors (Lipinski definition) is 1. The van der Waals surface area contributed by atoms with Gasteiger partial charge in [-0.05, 0) is 42.7 Å². The number of benzene rings is 1. The molecule has 0 radical (unpaired) electrons. The Hall–Kier alpha value is -1.03. The molecule has 1 aliphatic rings. The molecule has 0 saturated heterocycles. The topological polar surface area (TPSA) is 26.0 Å². The molecule has 19 heavy (non-hydrogen) atoms. The van der Waals surface area contributed by atoms with Crippen molar-refractivity contribution >= 4 is 0 Å². The molecule has 1 saturated carbocycles. The minimum atomic E-state index is -4.30. The van der Waals surface area contributed by atoms with E-state index in [0.717, 1.165) is 31.7 Å². The summed E-state index contributed by atoms with van der Waals surface area (Å²) in [6.07, 6.45) is -0.671. The highest BCUT2D eigenvalue weighted by Gasteiger charge is 2.37. The van der Waals surface area contributed by atoms with Gasteiger partial charge in [-0.2, -0.15) is 13.2 Å². The molecule has 1 aromatic rings. The Labute approximate surface area is 112 Å². The van der Waals surface area contributed by atoms with Gasteiger partial charge in [-0.3, -0.25) is 0 Å². The number of nitrogens with two attached hydrogens (primary N) is 1. The third kappa shape index (κ3) is 3.11. The molecule has 0 aliphatic heterocycles. The summed E-state index contributed by atoms with van der Waals surface area (Å²) in [5.41, 5.74) is 5.93. The van der Waals surface area contributed by atoms with Gasteiger partial charge in [0.2, 0.25) is 0 Å². The first kappa shape index (κ1) is 14.4. The van der Waals surface area contributed by atoms with Crippen molar-refractivity contribution in [1.29, 1.82) is 0 Å². The second kappa shape index (κ2) is 5.53. The van der Waals surface area contributed by atoms with Crippen molar-refractivity contribution in [3.05, 3.63) is 35.4 Å². The molecule has 106 valence electrons. The van der Waals surface area contributed by atoms with E-state index in [4.69, 9.17) is 5.73 Å². The first-order valence-corrected chi connectivity index (χ1v) is 6.85. The molecule has 0 amide bonds. The summed E-state index contributed by atoms with van der Waals surface area (Å²) in [4.78, 5) is 0. The van der Waals surface area contributed by atoms with Gasteiger partial charge >= 0.3 is 6.18 Å². The Kier molecular flexibility index (Phi) is 4.19. The summed E-state index contributed by atoms with van der Waals surface area (Å²) in [5.74, 6) is 0.322. The maximum absolute atomic E-state index is 13.1. The van der Waals surface area contributed by atoms with E-state index in [9.17, 15) is 13.2 Å². The molecule has 3 atom stereocenters. The lowest BCUT2D eigenvalue weighted by molar-refractivity contribution is -0.138. The van der Waals surface area contributed by atoms with Crippen molar-refractivity contribution in [3.63, 3.8) is 0 Å². The van der Waals surface area contributed by atoms with Crippen LogP contribution < -0.4 is 5.73 Å². The van der Waals surface area contributed by atoms with Gasteiger partial charge in [0.1, 0.15) is 0 Å². The van der Waals surface area contributed by atoms with Gasteiger partial charge in [0.25, 0.3) is 0 Å². The van der Waals surface area contributed by atoms with E-state index >= 15 is 0 Å². The van der Waals surface area contributed by atoms with Gasteiger partial charge in [-0.15, -0.1) is 0 Å². The minimum Gasteiger partial charge on any atom is -0.327 e. The summed E-state index contributed by atoms with van der Waals surface area (Å²) in [5, 5.41) is 0. The largest absolute Gasteiger partial charge is 0.416 e. The van der Waals surface area contributed by atoms with Crippen LogP contribution in [-0.4, -0.2) is 6.04 Å². The molecule has 0 bridgehead atoms. The number of rotatable bonds is 2. The zero-order valence-electron chi connectivity index (χ0n) is 11.1. The standard InChI is InChI=1S/C15H20F3N/c1-2-10-7-8-14(19)12(9-10)11-5-3-4-6-13(11)15(16,17)18/h3-6,10,12,14H,2,7-9,19H2,1H3. The Bertz CT molecular complexity index is 428. The smallest absolute Gasteiger partial charge is 0.327 e. The minimum absolute atomic E-state index is 0.161. The summed E-state index contributed by atoms with van der Waals surface area (Å²) in [7, 11) is 0. The van der Waals surface area contributed by atoms with Crippen LogP contribution in [0.3, 0.4) is 0 Å². The number of hydrogen-bond donors (Lipinski definition) is 1. The highest BCUT2D eigenvalue weighted by Crippen LogP contribution is 2.42. The molecule has 4 heteroatoms. The summed E-state index contributed by atoms with van der Waals surface area (Å²) >= 11 is 0. The van der Waals surface area contributed by atoms with Crippen molar-refractivity contribution < 1.29 is 13.2 Å². The van der Waals surface area contributed by atoms with Crippen molar-refractivity contribution in [3.8, 4) is 0 Å². The first-order valence-electron chi connectivity index (χ1n) is 6.85. The van der Waals surface area contributed by atoms with Crippen molar-refractivity contribution in [2.75, 3.05) is 0 Å². The number of halogens is 3. The Balaban J connectivity index is 2.35.